The molecular weight excluding hydrogens is 384 g/mol. The Kier molecular flexibility index (Phi) is 6.32. The van der Waals surface area contributed by atoms with Crippen LogP contribution in [0.1, 0.15) is 11.1 Å². The fourth-order valence-corrected chi connectivity index (χ4v) is 3.04. The smallest absolute Gasteiger partial charge is 0.270 e. The minimum absolute atomic E-state index is 0.0621. The molecule has 0 saturated carbocycles. The Hall–Kier alpha value is -3.87. The number of nitro groups is 1. The molecule has 0 heterocycles. The van der Waals surface area contributed by atoms with E-state index in [9.17, 15) is 14.9 Å². The summed E-state index contributed by atoms with van der Waals surface area (Å²) in [5.74, 6) is 0.724. The van der Waals surface area contributed by atoms with Crippen LogP contribution in [0, 0.1) is 24.0 Å². The maximum absolute atomic E-state index is 12.4. The van der Waals surface area contributed by atoms with Crippen LogP contribution in [0.4, 0.5) is 11.4 Å². The van der Waals surface area contributed by atoms with Crippen molar-refractivity contribution in [2.24, 2.45) is 0 Å². The summed E-state index contributed by atoms with van der Waals surface area (Å²) in [5, 5.41) is 14.0. The van der Waals surface area contributed by atoms with Crippen molar-refractivity contribution in [2.75, 3.05) is 19.0 Å². The number of non-ortho nitro benzene ring substituents is 1. The van der Waals surface area contributed by atoms with Gasteiger partial charge in [-0.15, -0.1) is 0 Å². The summed E-state index contributed by atoms with van der Waals surface area (Å²) in [7, 11) is 1.56. The number of hydrogen-bond acceptors (Lipinski definition) is 5. The van der Waals surface area contributed by atoms with Gasteiger partial charge in [0.15, 0.2) is 6.61 Å². The molecule has 0 aliphatic rings. The van der Waals surface area contributed by atoms with E-state index < -0.39 is 4.92 Å². The summed E-state index contributed by atoms with van der Waals surface area (Å²) in [4.78, 5) is 23.1. The van der Waals surface area contributed by atoms with Crippen molar-refractivity contribution < 1.29 is 19.2 Å². The number of carbonyl (C=O) groups is 1. The Morgan fingerprint density at radius 1 is 1.03 bits per heavy atom. The molecule has 3 aromatic rings. The van der Waals surface area contributed by atoms with Gasteiger partial charge in [-0.3, -0.25) is 14.9 Å². The highest BCUT2D eigenvalue weighted by atomic mass is 16.6. The molecule has 0 spiro atoms. The molecule has 0 atom stereocenters. The summed E-state index contributed by atoms with van der Waals surface area (Å²) in [5.41, 5.74) is 3.95. The molecule has 0 fully saturated rings. The highest BCUT2D eigenvalue weighted by Crippen LogP contribution is 2.34. The molecule has 0 aliphatic heterocycles. The number of ether oxygens (including phenoxy) is 2. The Morgan fingerprint density at radius 3 is 2.40 bits per heavy atom. The van der Waals surface area contributed by atoms with E-state index in [4.69, 9.17) is 9.47 Å². The molecule has 0 bridgehead atoms. The van der Waals surface area contributed by atoms with Crippen molar-refractivity contribution in [3.8, 4) is 22.6 Å². The van der Waals surface area contributed by atoms with E-state index in [1.165, 1.54) is 18.2 Å². The number of nitrogens with one attached hydrogen (secondary N) is 1. The Bertz CT molecular complexity index is 1080. The number of amides is 1. The van der Waals surface area contributed by atoms with Gasteiger partial charge in [0, 0.05) is 23.4 Å². The van der Waals surface area contributed by atoms with E-state index >= 15 is 0 Å². The normalized spacial score (nSPS) is 10.4. The molecule has 7 heteroatoms. The number of nitrogens with zero attached hydrogens (tertiary/aromatic N) is 1. The van der Waals surface area contributed by atoms with Crippen molar-refractivity contribution in [3.05, 3.63) is 81.9 Å². The molecule has 3 rings (SSSR count). The Labute approximate surface area is 174 Å². The molecule has 3 aromatic carbocycles. The van der Waals surface area contributed by atoms with Crippen molar-refractivity contribution in [1.29, 1.82) is 0 Å². The van der Waals surface area contributed by atoms with E-state index in [2.05, 4.69) is 5.32 Å². The lowest BCUT2D eigenvalue weighted by atomic mass is 10.0. The summed E-state index contributed by atoms with van der Waals surface area (Å²) >= 11 is 0. The number of methoxy groups -OCH3 is 1. The monoisotopic (exact) mass is 406 g/mol. The summed E-state index contributed by atoms with van der Waals surface area (Å²) in [6, 6.07) is 17.1. The first kappa shape index (κ1) is 20.9. The van der Waals surface area contributed by atoms with Gasteiger partial charge in [-0.2, -0.15) is 0 Å². The van der Waals surface area contributed by atoms with Crippen LogP contribution in [0.3, 0.4) is 0 Å². The lowest BCUT2D eigenvalue weighted by Gasteiger charge is -2.13. The Morgan fingerprint density at radius 2 is 1.77 bits per heavy atom. The standard InChI is InChI=1S/C23H22N2O5/c1-15-4-10-21(16(2)12-15)24-23(26)14-30-22-11-7-18(25(27)28)13-20(22)17-5-8-19(29-3)9-6-17/h4-13H,14H2,1-3H3,(H,24,26). The van der Waals surface area contributed by atoms with E-state index in [1.54, 1.807) is 31.4 Å². The van der Waals surface area contributed by atoms with Crippen LogP contribution in [-0.4, -0.2) is 24.5 Å². The fraction of sp³-hybridized carbons (Fsp3) is 0.174. The molecule has 0 unspecified atom stereocenters. The van der Waals surface area contributed by atoms with Crippen LogP contribution in [-0.2, 0) is 4.79 Å². The van der Waals surface area contributed by atoms with Gasteiger partial charge >= 0.3 is 0 Å². The molecule has 0 aromatic heterocycles. The average Bonchev–Trinajstić information content (AvgIpc) is 2.74. The maximum atomic E-state index is 12.4. The number of aryl methyl sites for hydroxylation is 2. The van der Waals surface area contributed by atoms with Gasteiger partial charge in [0.1, 0.15) is 11.5 Å². The van der Waals surface area contributed by atoms with Crippen LogP contribution in [0.25, 0.3) is 11.1 Å². The second-order valence-corrected chi connectivity index (χ2v) is 6.82. The van der Waals surface area contributed by atoms with Crippen molar-refractivity contribution in [1.82, 2.24) is 0 Å². The molecule has 1 amide bonds. The molecule has 30 heavy (non-hydrogen) atoms. The molecule has 154 valence electrons. The van der Waals surface area contributed by atoms with Gasteiger partial charge < -0.3 is 14.8 Å². The third-order valence-corrected chi connectivity index (χ3v) is 4.59. The summed E-state index contributed by atoms with van der Waals surface area (Å²) in [6.45, 7) is 3.67. The number of nitro benzene ring substituents is 1. The van der Waals surface area contributed by atoms with Crippen molar-refractivity contribution in [2.45, 2.75) is 13.8 Å². The Balaban J connectivity index is 1.80. The van der Waals surface area contributed by atoms with Crippen molar-refractivity contribution >= 4 is 17.3 Å². The summed E-state index contributed by atoms with van der Waals surface area (Å²) in [6.07, 6.45) is 0. The molecule has 0 saturated heterocycles. The molecule has 7 nitrogen and oxygen atoms in total. The zero-order valence-corrected chi connectivity index (χ0v) is 17.0. The van der Waals surface area contributed by atoms with Crippen molar-refractivity contribution in [3.63, 3.8) is 0 Å². The topological polar surface area (TPSA) is 90.7 Å². The van der Waals surface area contributed by atoms with Crippen LogP contribution < -0.4 is 14.8 Å². The zero-order chi connectivity index (χ0) is 21.7. The lowest BCUT2D eigenvalue weighted by molar-refractivity contribution is -0.384. The van der Waals surface area contributed by atoms with E-state index in [1.807, 2.05) is 32.0 Å². The number of hydrogen-bond donors (Lipinski definition) is 1. The first-order valence-corrected chi connectivity index (χ1v) is 9.30. The van der Waals surface area contributed by atoms with E-state index in [0.717, 1.165) is 11.1 Å². The van der Waals surface area contributed by atoms with Crippen LogP contribution in [0.2, 0.25) is 0 Å². The van der Waals surface area contributed by atoms with Gasteiger partial charge in [-0.05, 0) is 49.2 Å². The van der Waals surface area contributed by atoms with Crippen LogP contribution >= 0.6 is 0 Å². The van der Waals surface area contributed by atoms with Gasteiger partial charge in [-0.1, -0.05) is 29.8 Å². The third kappa shape index (κ3) is 4.94. The third-order valence-electron chi connectivity index (χ3n) is 4.59. The van der Waals surface area contributed by atoms with Crippen LogP contribution in [0.5, 0.6) is 11.5 Å². The first-order chi connectivity index (χ1) is 14.4. The second-order valence-electron chi connectivity index (χ2n) is 6.82. The SMILES string of the molecule is COc1ccc(-c2cc([N+](=O)[O-])ccc2OCC(=O)Nc2ccc(C)cc2C)cc1. The highest BCUT2D eigenvalue weighted by molar-refractivity contribution is 5.92. The highest BCUT2D eigenvalue weighted by Gasteiger charge is 2.15. The second kappa shape index (κ2) is 9.09. The minimum atomic E-state index is -0.469. The maximum Gasteiger partial charge on any atom is 0.270 e. The van der Waals surface area contributed by atoms with E-state index in [-0.39, 0.29) is 18.2 Å². The summed E-state index contributed by atoms with van der Waals surface area (Å²) < 4.78 is 10.9. The predicted octanol–water partition coefficient (Wildman–Crippen LogP) is 4.90. The fourth-order valence-electron chi connectivity index (χ4n) is 3.04. The van der Waals surface area contributed by atoms with Gasteiger partial charge in [0.2, 0.25) is 0 Å². The number of carbonyl (C=O) groups excluding carboxylic acids is 1. The number of benzene rings is 3. The zero-order valence-electron chi connectivity index (χ0n) is 17.0. The average molecular weight is 406 g/mol. The number of rotatable bonds is 7. The molecular formula is C23H22N2O5. The van der Waals surface area contributed by atoms with E-state index in [0.29, 0.717) is 28.3 Å². The minimum Gasteiger partial charge on any atom is -0.497 e. The van der Waals surface area contributed by atoms with Crippen LogP contribution in [0.15, 0.2) is 60.7 Å². The predicted molar refractivity (Wildman–Crippen MR) is 115 cm³/mol. The van der Waals surface area contributed by atoms with Gasteiger partial charge in [0.25, 0.3) is 11.6 Å². The number of anilines is 1. The molecule has 0 radical (unpaired) electrons. The largest absolute Gasteiger partial charge is 0.497 e. The molecule has 1 N–H and O–H groups in total. The first-order valence-electron chi connectivity index (χ1n) is 9.30. The quantitative estimate of drug-likeness (QED) is 0.445. The van der Waals surface area contributed by atoms with Gasteiger partial charge in [-0.25, -0.2) is 0 Å². The lowest BCUT2D eigenvalue weighted by Crippen LogP contribution is -2.20. The molecule has 0 aliphatic carbocycles. The van der Waals surface area contributed by atoms with Gasteiger partial charge in [0.05, 0.1) is 12.0 Å².